The lowest BCUT2D eigenvalue weighted by molar-refractivity contribution is -0.153. The van der Waals surface area contributed by atoms with Crippen LogP contribution in [0.4, 0.5) is 0 Å². The van der Waals surface area contributed by atoms with Crippen LogP contribution in [0.25, 0.3) is 0 Å². The monoisotopic (exact) mass is 405 g/mol. The summed E-state index contributed by atoms with van der Waals surface area (Å²) >= 11 is 0. The van der Waals surface area contributed by atoms with Crippen LogP contribution in [0.1, 0.15) is 56.8 Å². The van der Waals surface area contributed by atoms with Crippen molar-refractivity contribution in [2.75, 3.05) is 0 Å². The number of carbonyl (C=O) groups is 1. The lowest BCUT2D eigenvalue weighted by Crippen LogP contribution is -2.29. The molecule has 0 aliphatic rings. The molecule has 3 aromatic rings. The van der Waals surface area contributed by atoms with Crippen LogP contribution in [0.15, 0.2) is 60.9 Å². The minimum absolute atomic E-state index is 0.335. The smallest absolute Gasteiger partial charge is 0.314 e. The maximum atomic E-state index is 13.1. The molecule has 0 N–H and O–H groups in total. The Hall–Kier alpha value is -3.28. The lowest BCUT2D eigenvalue weighted by Gasteiger charge is -2.29. The molecule has 0 aliphatic carbocycles. The second-order valence-electron chi connectivity index (χ2n) is 8.26. The van der Waals surface area contributed by atoms with E-state index in [9.17, 15) is 4.79 Å². The average Bonchev–Trinajstić information content (AvgIpc) is 2.69. The first kappa shape index (κ1) is 21.4. The first-order chi connectivity index (χ1) is 14.2. The summed E-state index contributed by atoms with van der Waals surface area (Å²) in [4.78, 5) is 26.1. The van der Waals surface area contributed by atoms with Crippen molar-refractivity contribution in [2.45, 2.75) is 46.6 Å². The number of rotatable bonds is 6. The molecule has 6 nitrogen and oxygen atoms in total. The van der Waals surface area contributed by atoms with Crippen LogP contribution in [0.2, 0.25) is 0 Å². The molecule has 0 amide bonds. The van der Waals surface area contributed by atoms with Gasteiger partial charge in [-0.05, 0) is 37.5 Å². The SMILES string of the molecule is Cc1ncc(C(C(=O)OC(C)c2cccc(Oc3ccccc3)n2)C(C)(C)C)cn1. The molecule has 0 aliphatic heterocycles. The van der Waals surface area contributed by atoms with Crippen LogP contribution in [0.5, 0.6) is 11.6 Å². The number of benzene rings is 1. The van der Waals surface area contributed by atoms with Gasteiger partial charge < -0.3 is 9.47 Å². The minimum atomic E-state index is -0.534. The fourth-order valence-electron chi connectivity index (χ4n) is 3.17. The lowest BCUT2D eigenvalue weighted by atomic mass is 9.77. The Morgan fingerprint density at radius 1 is 0.967 bits per heavy atom. The van der Waals surface area contributed by atoms with E-state index in [-0.39, 0.29) is 11.4 Å². The summed E-state index contributed by atoms with van der Waals surface area (Å²) in [7, 11) is 0. The van der Waals surface area contributed by atoms with Crippen LogP contribution in [0.3, 0.4) is 0 Å². The molecule has 30 heavy (non-hydrogen) atoms. The summed E-state index contributed by atoms with van der Waals surface area (Å²) in [5.74, 6) is 0.968. The number of hydrogen-bond donors (Lipinski definition) is 0. The number of hydrogen-bond acceptors (Lipinski definition) is 6. The number of pyridine rings is 1. The number of carbonyl (C=O) groups excluding carboxylic acids is 1. The number of aromatic nitrogens is 3. The standard InChI is InChI=1S/C24H27N3O3/c1-16(20-12-9-13-21(27-20)30-19-10-7-6-8-11-19)29-23(28)22(24(3,4)5)18-14-25-17(2)26-15-18/h6-16,22H,1-5H3. The topological polar surface area (TPSA) is 74.2 Å². The quantitative estimate of drug-likeness (QED) is 0.511. The summed E-state index contributed by atoms with van der Waals surface area (Å²) in [6.45, 7) is 9.60. The molecule has 6 heteroatoms. The van der Waals surface area contributed by atoms with Crippen molar-refractivity contribution in [1.82, 2.24) is 15.0 Å². The van der Waals surface area contributed by atoms with Crippen LogP contribution in [0, 0.1) is 12.3 Å². The number of ether oxygens (including phenoxy) is 2. The van der Waals surface area contributed by atoms with E-state index in [1.807, 2.05) is 70.2 Å². The maximum absolute atomic E-state index is 13.1. The number of aryl methyl sites for hydroxylation is 1. The third-order valence-corrected chi connectivity index (χ3v) is 4.66. The molecule has 2 heterocycles. The van der Waals surface area contributed by atoms with Crippen molar-refractivity contribution in [2.24, 2.45) is 5.41 Å². The van der Waals surface area contributed by atoms with E-state index in [1.54, 1.807) is 25.4 Å². The Labute approximate surface area is 177 Å². The third kappa shape index (κ3) is 5.41. The molecular weight excluding hydrogens is 378 g/mol. The van der Waals surface area contributed by atoms with E-state index >= 15 is 0 Å². The Morgan fingerprint density at radius 2 is 1.63 bits per heavy atom. The zero-order valence-corrected chi connectivity index (χ0v) is 18.0. The summed E-state index contributed by atoms with van der Waals surface area (Å²) in [6, 6.07) is 14.8. The highest BCUT2D eigenvalue weighted by atomic mass is 16.5. The number of nitrogens with zero attached hydrogens (tertiary/aromatic N) is 3. The Balaban J connectivity index is 1.76. The predicted molar refractivity (Wildman–Crippen MR) is 114 cm³/mol. The van der Waals surface area contributed by atoms with Gasteiger partial charge in [0.25, 0.3) is 0 Å². The Morgan fingerprint density at radius 3 is 2.27 bits per heavy atom. The van der Waals surface area contributed by atoms with Crippen LogP contribution < -0.4 is 4.74 Å². The first-order valence-electron chi connectivity index (χ1n) is 9.93. The molecule has 0 bridgehead atoms. The van der Waals surface area contributed by atoms with E-state index in [1.165, 1.54) is 0 Å². The fourth-order valence-corrected chi connectivity index (χ4v) is 3.17. The molecule has 0 saturated heterocycles. The van der Waals surface area contributed by atoms with Gasteiger partial charge in [-0.2, -0.15) is 0 Å². The molecule has 0 fully saturated rings. The zero-order chi connectivity index (χ0) is 21.7. The maximum Gasteiger partial charge on any atom is 0.314 e. The van der Waals surface area contributed by atoms with Crippen molar-refractivity contribution in [3.63, 3.8) is 0 Å². The summed E-state index contributed by atoms with van der Waals surface area (Å²) in [6.07, 6.45) is 2.85. The van der Waals surface area contributed by atoms with Gasteiger partial charge in [0.1, 0.15) is 17.7 Å². The van der Waals surface area contributed by atoms with E-state index in [4.69, 9.17) is 9.47 Å². The normalized spacial score (nSPS) is 13.4. The van der Waals surface area contributed by atoms with Gasteiger partial charge in [-0.15, -0.1) is 0 Å². The fraction of sp³-hybridized carbons (Fsp3) is 0.333. The zero-order valence-electron chi connectivity index (χ0n) is 18.0. The highest BCUT2D eigenvalue weighted by Gasteiger charge is 2.35. The van der Waals surface area contributed by atoms with Gasteiger partial charge in [0.2, 0.25) is 5.88 Å². The van der Waals surface area contributed by atoms with Gasteiger partial charge in [0.15, 0.2) is 0 Å². The van der Waals surface area contributed by atoms with Crippen molar-refractivity contribution >= 4 is 5.97 Å². The van der Waals surface area contributed by atoms with E-state index in [0.717, 1.165) is 5.56 Å². The van der Waals surface area contributed by atoms with E-state index in [2.05, 4.69) is 15.0 Å². The van der Waals surface area contributed by atoms with Crippen LogP contribution in [-0.4, -0.2) is 20.9 Å². The van der Waals surface area contributed by atoms with E-state index < -0.39 is 12.0 Å². The minimum Gasteiger partial charge on any atom is -0.456 e. The van der Waals surface area contributed by atoms with Crippen molar-refractivity contribution in [3.8, 4) is 11.6 Å². The molecule has 2 unspecified atom stereocenters. The highest BCUT2D eigenvalue weighted by Crippen LogP contribution is 2.37. The Kier molecular flexibility index (Phi) is 6.45. The molecule has 0 spiro atoms. The third-order valence-electron chi connectivity index (χ3n) is 4.66. The number of para-hydroxylation sites is 1. The predicted octanol–water partition coefficient (Wildman–Crippen LogP) is 5.41. The van der Waals surface area contributed by atoms with Crippen molar-refractivity contribution in [1.29, 1.82) is 0 Å². The Bertz CT molecular complexity index is 983. The van der Waals surface area contributed by atoms with Crippen LogP contribution in [-0.2, 0) is 9.53 Å². The summed E-state index contributed by atoms with van der Waals surface area (Å²) < 4.78 is 11.6. The average molecular weight is 405 g/mol. The van der Waals surface area contributed by atoms with Gasteiger partial charge in [-0.25, -0.2) is 15.0 Å². The first-order valence-corrected chi connectivity index (χ1v) is 9.93. The van der Waals surface area contributed by atoms with Crippen LogP contribution >= 0.6 is 0 Å². The second kappa shape index (κ2) is 9.03. The highest BCUT2D eigenvalue weighted by molar-refractivity contribution is 5.79. The molecular formula is C24H27N3O3. The van der Waals surface area contributed by atoms with Gasteiger partial charge >= 0.3 is 5.97 Å². The molecule has 0 radical (unpaired) electrons. The van der Waals surface area contributed by atoms with Gasteiger partial charge in [0.05, 0.1) is 11.6 Å². The molecule has 156 valence electrons. The van der Waals surface area contributed by atoms with Gasteiger partial charge in [-0.3, -0.25) is 4.79 Å². The molecule has 2 atom stereocenters. The van der Waals surface area contributed by atoms with Gasteiger partial charge in [0, 0.05) is 24.0 Å². The largest absolute Gasteiger partial charge is 0.456 e. The molecule has 2 aromatic heterocycles. The van der Waals surface area contributed by atoms with E-state index in [0.29, 0.717) is 23.1 Å². The van der Waals surface area contributed by atoms with Gasteiger partial charge in [-0.1, -0.05) is 45.0 Å². The molecule has 1 aromatic carbocycles. The second-order valence-corrected chi connectivity index (χ2v) is 8.26. The van der Waals surface area contributed by atoms with Crippen molar-refractivity contribution < 1.29 is 14.3 Å². The molecule has 0 saturated carbocycles. The van der Waals surface area contributed by atoms with Crippen molar-refractivity contribution in [3.05, 3.63) is 78.0 Å². The summed E-state index contributed by atoms with van der Waals surface area (Å²) in [5.41, 5.74) is 0.991. The molecule has 3 rings (SSSR count). The summed E-state index contributed by atoms with van der Waals surface area (Å²) in [5, 5.41) is 0. The number of esters is 1.